The minimum Gasteiger partial charge on any atom is -0.444 e. The molecule has 3 fully saturated rings. The fourth-order valence-electron chi connectivity index (χ4n) is 10.7. The number of anilines is 1. The summed E-state index contributed by atoms with van der Waals surface area (Å²) >= 11 is 0. The van der Waals surface area contributed by atoms with Crippen molar-refractivity contribution in [2.45, 2.75) is 206 Å². The number of hydrogen-bond donors (Lipinski definition) is 2. The Bertz CT molecular complexity index is 2810. The standard InChI is InChI=1S/C58H87N7O8Si2/c1-56(2,3)40-22-24-41(25-23-40)65-48(38-21-27-44-43(34-38)60-53(63(44)36-70-30-32-74(10,11)12)46-19-17-29-62(46)55(69)73-58(7,8)9)50(66)51(67)49(65)39-20-26-42-47(35-39)64(37-71-31-33-75(13,14)15)52(59-42)45-18-16-28-61(45)54(68)72-57(4,5)6/h20-27,34-35,45-46,48-51,66-67H,16-19,28-33,36-37H2,1-15H3/t45?,46-,48-,49-,50+,51+/m0/s1. The number of carbonyl (C=O) groups excluding carboxylic acids is 2. The number of carbonyl (C=O) groups is 2. The van der Waals surface area contributed by atoms with Gasteiger partial charge in [-0.2, -0.15) is 0 Å². The summed E-state index contributed by atoms with van der Waals surface area (Å²) in [5.74, 6) is 1.47. The number of aliphatic hydroxyl groups excluding tert-OH is 2. The highest BCUT2D eigenvalue weighted by molar-refractivity contribution is 6.76. The Balaban J connectivity index is 1.22. The summed E-state index contributed by atoms with van der Waals surface area (Å²) in [5.41, 5.74) is 5.33. The third-order valence-corrected chi connectivity index (χ3v) is 18.1. The van der Waals surface area contributed by atoms with Crippen molar-refractivity contribution in [2.75, 3.05) is 31.2 Å². The average Bonchev–Trinajstić information content (AvgIpc) is 4.14. The molecule has 1 unspecified atom stereocenters. The number of imidazole rings is 2. The maximum atomic E-state index is 13.7. The molecule has 2 aromatic heterocycles. The zero-order valence-electron chi connectivity index (χ0n) is 47.7. The predicted molar refractivity (Wildman–Crippen MR) is 303 cm³/mol. The average molecular weight is 1070 g/mol. The SMILES string of the molecule is CC(C)(C)OC(=O)N1CCCC1c1nc2ccc([C@H]3[C@@H](O)[C@H](O)[C@H](c4ccc5c(c4)nc([C@@H]4CCCN4C(=O)OC(C)(C)C)n5COCC[Si](C)(C)C)N3c3ccc(C(C)(C)C)cc3)cc2n1COCC[Si](C)(C)C. The van der Waals surface area contributed by atoms with Gasteiger partial charge in [-0.3, -0.25) is 9.80 Å². The number of rotatable bonds is 15. The molecule has 3 aliphatic heterocycles. The fourth-order valence-corrected chi connectivity index (χ4v) is 12.2. The number of likely N-dealkylation sites (tertiary alicyclic amines) is 2. The molecule has 6 atom stereocenters. The van der Waals surface area contributed by atoms with Crippen LogP contribution in [-0.4, -0.2) is 117 Å². The number of aliphatic hydroxyl groups is 2. The Kier molecular flexibility index (Phi) is 16.2. The molecule has 5 heterocycles. The van der Waals surface area contributed by atoms with Gasteiger partial charge in [-0.25, -0.2) is 19.6 Å². The Hall–Kier alpha value is -4.79. The molecular weight excluding hydrogens is 979 g/mol. The number of aromatic nitrogens is 4. The van der Waals surface area contributed by atoms with Crippen LogP contribution in [0, 0.1) is 0 Å². The van der Waals surface area contributed by atoms with Crippen molar-refractivity contribution in [1.82, 2.24) is 28.9 Å². The van der Waals surface area contributed by atoms with Crippen molar-refractivity contribution in [3.05, 3.63) is 89.0 Å². The molecule has 3 saturated heterocycles. The van der Waals surface area contributed by atoms with Crippen LogP contribution in [0.15, 0.2) is 60.7 Å². The number of amides is 2. The van der Waals surface area contributed by atoms with Gasteiger partial charge >= 0.3 is 12.2 Å². The van der Waals surface area contributed by atoms with Gasteiger partial charge in [0.05, 0.1) is 46.2 Å². The van der Waals surface area contributed by atoms with Crippen molar-refractivity contribution in [3.8, 4) is 0 Å². The minimum atomic E-state index is -1.41. The summed E-state index contributed by atoms with van der Waals surface area (Å²) in [7, 11) is -2.78. The topological polar surface area (TPSA) is 157 Å². The van der Waals surface area contributed by atoms with Gasteiger partial charge in [0.15, 0.2) is 0 Å². The van der Waals surface area contributed by atoms with Gasteiger partial charge < -0.3 is 43.2 Å². The van der Waals surface area contributed by atoms with Gasteiger partial charge in [0.2, 0.25) is 0 Å². The molecular formula is C58H87N7O8Si2. The van der Waals surface area contributed by atoms with E-state index in [1.165, 1.54) is 0 Å². The van der Waals surface area contributed by atoms with Crippen LogP contribution in [0.3, 0.4) is 0 Å². The second-order valence-electron chi connectivity index (χ2n) is 26.7. The lowest BCUT2D eigenvalue weighted by Gasteiger charge is -2.34. The molecule has 0 aliphatic carbocycles. The number of ether oxygens (including phenoxy) is 4. The molecule has 17 heteroatoms. The van der Waals surface area contributed by atoms with E-state index >= 15 is 0 Å². The minimum absolute atomic E-state index is 0.101. The second kappa shape index (κ2) is 21.6. The number of nitrogens with zero attached hydrogens (tertiary/aromatic N) is 7. The normalized spacial score (nSPS) is 22.1. The highest BCUT2D eigenvalue weighted by atomic mass is 28.3. The first-order valence-electron chi connectivity index (χ1n) is 27.4. The molecule has 3 aliphatic rings. The molecule has 75 heavy (non-hydrogen) atoms. The molecule has 2 amide bonds. The molecule has 8 rings (SSSR count). The molecule has 0 saturated carbocycles. The van der Waals surface area contributed by atoms with Gasteiger partial charge in [0, 0.05) is 48.1 Å². The first-order chi connectivity index (χ1) is 35.0. The number of benzene rings is 3. The first kappa shape index (κ1) is 56.4. The monoisotopic (exact) mass is 1070 g/mol. The summed E-state index contributed by atoms with van der Waals surface area (Å²) in [6, 6.07) is 20.6. The summed E-state index contributed by atoms with van der Waals surface area (Å²) in [4.78, 5) is 43.7. The van der Waals surface area contributed by atoms with Crippen LogP contribution in [0.25, 0.3) is 22.1 Å². The van der Waals surface area contributed by atoms with Crippen LogP contribution in [0.4, 0.5) is 15.3 Å². The summed E-state index contributed by atoms with van der Waals surface area (Å²) in [6.45, 7) is 34.7. The molecule has 2 N–H and O–H groups in total. The second-order valence-corrected chi connectivity index (χ2v) is 38.0. The lowest BCUT2D eigenvalue weighted by atomic mass is 9.87. The highest BCUT2D eigenvalue weighted by Crippen LogP contribution is 2.49. The molecule has 0 bridgehead atoms. The van der Waals surface area contributed by atoms with E-state index in [0.717, 1.165) is 88.3 Å². The Morgan fingerprint density at radius 3 is 1.52 bits per heavy atom. The zero-order chi connectivity index (χ0) is 54.6. The number of hydrogen-bond acceptors (Lipinski definition) is 11. The van der Waals surface area contributed by atoms with Crippen molar-refractivity contribution >= 4 is 56.1 Å². The van der Waals surface area contributed by atoms with E-state index in [-0.39, 0.29) is 43.1 Å². The third-order valence-electron chi connectivity index (χ3n) is 14.7. The van der Waals surface area contributed by atoms with Gasteiger partial charge in [-0.15, -0.1) is 0 Å². The van der Waals surface area contributed by atoms with Crippen LogP contribution < -0.4 is 4.90 Å². The molecule has 0 radical (unpaired) electrons. The highest BCUT2D eigenvalue weighted by Gasteiger charge is 2.50. The van der Waals surface area contributed by atoms with Crippen molar-refractivity contribution in [1.29, 1.82) is 0 Å². The molecule has 0 spiro atoms. The van der Waals surface area contributed by atoms with Gasteiger partial charge in [0.1, 0.15) is 48.5 Å². The Morgan fingerprint density at radius 1 is 0.600 bits per heavy atom. The van der Waals surface area contributed by atoms with Crippen LogP contribution in [-0.2, 0) is 37.8 Å². The molecule has 3 aromatic carbocycles. The molecule has 5 aromatic rings. The van der Waals surface area contributed by atoms with Gasteiger partial charge in [0.25, 0.3) is 0 Å². The lowest BCUT2D eigenvalue weighted by Crippen LogP contribution is -2.37. The van der Waals surface area contributed by atoms with E-state index in [0.29, 0.717) is 31.8 Å². The van der Waals surface area contributed by atoms with E-state index in [1.807, 2.05) is 71.9 Å². The fraction of sp³-hybridized carbons (Fsp3) is 0.621. The first-order valence-corrected chi connectivity index (χ1v) is 34.8. The van der Waals surface area contributed by atoms with Crippen LogP contribution in [0.2, 0.25) is 51.4 Å². The summed E-state index contributed by atoms with van der Waals surface area (Å²) in [5, 5.41) is 25.2. The maximum absolute atomic E-state index is 13.7. The third kappa shape index (κ3) is 13.0. The van der Waals surface area contributed by atoms with E-state index in [9.17, 15) is 19.8 Å². The zero-order valence-corrected chi connectivity index (χ0v) is 49.7. The van der Waals surface area contributed by atoms with E-state index in [1.54, 1.807) is 9.80 Å². The quantitative estimate of drug-likeness (QED) is 0.0760. The number of fused-ring (bicyclic) bond motifs is 2. The maximum Gasteiger partial charge on any atom is 0.410 e. The van der Waals surface area contributed by atoms with Crippen molar-refractivity contribution < 1.29 is 38.7 Å². The van der Waals surface area contributed by atoms with Crippen LogP contribution in [0.1, 0.15) is 141 Å². The lowest BCUT2D eigenvalue weighted by molar-refractivity contribution is 0.0196. The van der Waals surface area contributed by atoms with Gasteiger partial charge in [-0.1, -0.05) is 84.3 Å². The van der Waals surface area contributed by atoms with Crippen LogP contribution >= 0.6 is 0 Å². The molecule has 15 nitrogen and oxygen atoms in total. The predicted octanol–water partition coefficient (Wildman–Crippen LogP) is 12.5. The smallest absolute Gasteiger partial charge is 0.410 e. The van der Waals surface area contributed by atoms with E-state index < -0.39 is 51.6 Å². The van der Waals surface area contributed by atoms with Crippen LogP contribution in [0.5, 0.6) is 0 Å². The molecule has 410 valence electrons. The van der Waals surface area contributed by atoms with Crippen molar-refractivity contribution in [3.63, 3.8) is 0 Å². The summed E-state index contributed by atoms with van der Waals surface area (Å²) < 4.78 is 28.9. The Morgan fingerprint density at radius 2 is 1.05 bits per heavy atom. The summed E-state index contributed by atoms with van der Waals surface area (Å²) in [6.07, 6.45) is -0.0432. The Labute approximate surface area is 447 Å². The van der Waals surface area contributed by atoms with E-state index in [2.05, 4.69) is 104 Å². The largest absolute Gasteiger partial charge is 0.444 e. The van der Waals surface area contributed by atoms with E-state index in [4.69, 9.17) is 28.9 Å². The van der Waals surface area contributed by atoms with Gasteiger partial charge in [-0.05, 0) is 138 Å². The van der Waals surface area contributed by atoms with Crippen molar-refractivity contribution in [2.24, 2.45) is 0 Å².